The van der Waals surface area contributed by atoms with E-state index in [9.17, 15) is 54.3 Å². The predicted molar refractivity (Wildman–Crippen MR) is 174 cm³/mol. The molecule has 0 saturated carbocycles. The molecule has 4 heterocycles. The minimum absolute atomic E-state index is 0.0356. The van der Waals surface area contributed by atoms with Crippen LogP contribution in [-0.4, -0.2) is 112 Å². The van der Waals surface area contributed by atoms with E-state index in [-0.39, 0.29) is 27.7 Å². The molecule has 2 aromatic rings. The fourth-order valence-corrected chi connectivity index (χ4v) is 6.71. The topological polar surface area (TPSA) is 304 Å². The number of nitrogen functional groups attached to an aromatic ring is 1. The first-order valence-electron chi connectivity index (χ1n) is 14.2. The lowest BCUT2D eigenvalue weighted by Crippen LogP contribution is -2.71. The zero-order chi connectivity index (χ0) is 36.7. The third-order valence-corrected chi connectivity index (χ3v) is 9.44. The van der Waals surface area contributed by atoms with E-state index in [0.29, 0.717) is 0 Å². The first-order valence-corrected chi connectivity index (χ1v) is 16.2. The van der Waals surface area contributed by atoms with Crippen molar-refractivity contribution in [2.24, 2.45) is 10.1 Å². The molecule has 21 heteroatoms. The Bertz CT molecular complexity index is 1950. The maximum absolute atomic E-state index is 13.5. The minimum atomic E-state index is -1.86. The van der Waals surface area contributed by atoms with Gasteiger partial charge in [-0.3, -0.25) is 29.1 Å². The summed E-state index contributed by atoms with van der Waals surface area (Å²) >= 11 is 1.97. The first-order chi connectivity index (χ1) is 23.5. The first kappa shape index (κ1) is 35.5. The van der Waals surface area contributed by atoms with Crippen molar-refractivity contribution in [3.05, 3.63) is 57.9 Å². The molecule has 4 atom stereocenters. The van der Waals surface area contributed by atoms with Crippen LogP contribution in [0.1, 0.15) is 31.1 Å². The largest absolute Gasteiger partial charge is 0.504 e. The molecule has 3 aliphatic rings. The fourth-order valence-electron chi connectivity index (χ4n) is 4.78. The number of carbonyl (C=O) groups is 6. The van der Waals surface area contributed by atoms with E-state index in [1.165, 1.54) is 25.3 Å². The molecule has 0 spiro atoms. The quantitative estimate of drug-likeness (QED) is 0.0609. The summed E-state index contributed by atoms with van der Waals surface area (Å²) in [6.45, 7) is 2.37. The van der Waals surface area contributed by atoms with Crippen molar-refractivity contribution in [3.8, 4) is 11.5 Å². The number of β-lactam (4-membered cyclic amide) rings is 1. The van der Waals surface area contributed by atoms with Crippen LogP contribution in [0.15, 0.2) is 56.8 Å². The molecule has 0 radical (unpaired) electrons. The van der Waals surface area contributed by atoms with Crippen LogP contribution in [0.25, 0.3) is 0 Å². The number of benzene rings is 1. The Morgan fingerprint density at radius 2 is 1.88 bits per heavy atom. The summed E-state index contributed by atoms with van der Waals surface area (Å²) in [6.07, 6.45) is 0.0790. The lowest BCUT2D eigenvalue weighted by Gasteiger charge is -2.50. The second-order valence-electron chi connectivity index (χ2n) is 11.3. The van der Waals surface area contributed by atoms with E-state index >= 15 is 0 Å². The number of aliphatic carboxylic acids is 2. The van der Waals surface area contributed by atoms with Crippen LogP contribution in [0.4, 0.5) is 5.13 Å². The van der Waals surface area contributed by atoms with Gasteiger partial charge in [0.2, 0.25) is 5.60 Å². The van der Waals surface area contributed by atoms with Crippen molar-refractivity contribution in [2.45, 2.75) is 43.0 Å². The third-order valence-electron chi connectivity index (χ3n) is 7.46. The number of aliphatic hydroxyl groups excluding tert-OH is 1. The summed E-state index contributed by atoms with van der Waals surface area (Å²) in [5, 5.41) is 58.5. The number of aliphatic hydroxyl groups is 1. The average Bonchev–Trinajstić information content (AvgIpc) is 3.49. The van der Waals surface area contributed by atoms with Gasteiger partial charge in [0.1, 0.15) is 28.5 Å². The van der Waals surface area contributed by atoms with Crippen LogP contribution < -0.4 is 16.4 Å². The number of aromatic nitrogens is 1. The number of nitrogens with zero attached hydrogens (tertiary/aromatic N) is 4. The Hall–Kier alpha value is -5.80. The monoisotopic (exact) mass is 729 g/mol. The molecule has 3 aliphatic heterocycles. The molecule has 3 amide bonds. The number of nitrogens with two attached hydrogens (primary N) is 1. The van der Waals surface area contributed by atoms with Crippen LogP contribution in [0.5, 0.6) is 11.5 Å². The molecule has 5 rings (SSSR count). The predicted octanol–water partition coefficient (Wildman–Crippen LogP) is -0.785. The third kappa shape index (κ3) is 6.86. The van der Waals surface area contributed by atoms with Crippen LogP contribution in [0.2, 0.25) is 0 Å². The molecule has 9 N–H and O–H groups in total. The highest BCUT2D eigenvalue weighted by Gasteiger charge is 2.55. The molecule has 19 nitrogen and oxygen atoms in total. The van der Waals surface area contributed by atoms with Crippen molar-refractivity contribution in [1.29, 1.82) is 0 Å². The number of aliphatic imine (C=N–C) groups is 1. The number of fused-ring (bicyclic) bond motifs is 1. The number of hydrogen-bond acceptors (Lipinski definition) is 16. The highest BCUT2D eigenvalue weighted by Crippen LogP contribution is 2.44. The number of nitrogens with one attached hydrogen (secondary N) is 2. The number of anilines is 1. The van der Waals surface area contributed by atoms with Crippen molar-refractivity contribution < 1.29 is 59.1 Å². The lowest BCUT2D eigenvalue weighted by atomic mass is 9.94. The molecule has 1 fully saturated rings. The van der Waals surface area contributed by atoms with E-state index < -0.39 is 93.2 Å². The maximum atomic E-state index is 13.5. The number of rotatable bonds is 11. The molecule has 50 heavy (non-hydrogen) atoms. The van der Waals surface area contributed by atoms with Crippen molar-refractivity contribution in [1.82, 2.24) is 20.5 Å². The molecular formula is C29H27N7O12S2. The number of hydrogen-bond donors (Lipinski definition) is 8. The summed E-state index contributed by atoms with van der Waals surface area (Å²) < 4.78 is 0. The highest BCUT2D eigenvalue weighted by molar-refractivity contribution is 8.00. The standard InChI is InChI=1S/C29H27N7O12S2/c1-29(2,27(46)47)48-35-19(13-9-50-28(30)32-13)23(42)34-20-24(43)36-21(26(44)45)11(8-49-25(20)36)18(10-3-4-14(37)15(38)5-10)33-22(41)12-6-16(39)17(40)7-31-12/h3-7,9,17-18,20,25,37-38,40H,8H2,1-2H3,(H2,30,32)(H,33,41)(H,34,42)(H,44,45)(H,46,47)/b35-19-/t17?,18?,20?,25-/m0/s1. The SMILES string of the molecule is CC(C)(O/N=C(\C(=O)NC1C(=O)N2C(C(=O)O)=C(C(NC(=O)C3=CC(=O)C(O)C=N3)c3ccc(O)c(O)c3)CS[C@@H]12)c1csc(N)n1)C(=O)O. The summed E-state index contributed by atoms with van der Waals surface area (Å²) in [4.78, 5) is 90.1. The van der Waals surface area contributed by atoms with Crippen molar-refractivity contribution in [2.75, 3.05) is 11.5 Å². The Morgan fingerprint density at radius 3 is 2.48 bits per heavy atom. The van der Waals surface area contributed by atoms with Gasteiger partial charge in [0.25, 0.3) is 17.7 Å². The number of amides is 3. The van der Waals surface area contributed by atoms with Gasteiger partial charge in [0.05, 0.1) is 6.04 Å². The van der Waals surface area contributed by atoms with Crippen molar-refractivity contribution >= 4 is 75.6 Å². The Morgan fingerprint density at radius 1 is 1.16 bits per heavy atom. The van der Waals surface area contributed by atoms with E-state index in [2.05, 4.69) is 25.8 Å². The normalized spacial score (nSPS) is 21.1. The van der Waals surface area contributed by atoms with Gasteiger partial charge in [-0.2, -0.15) is 0 Å². The maximum Gasteiger partial charge on any atom is 0.352 e. The number of thioether (sulfide) groups is 1. The number of oxime groups is 1. The van der Waals surface area contributed by atoms with E-state index in [0.717, 1.165) is 52.4 Å². The Kier molecular flexibility index (Phi) is 9.66. The Balaban J connectivity index is 1.46. The van der Waals surface area contributed by atoms with Gasteiger partial charge in [-0.15, -0.1) is 23.1 Å². The summed E-state index contributed by atoms with van der Waals surface area (Å²) in [7, 11) is 0. The number of carboxylic acid groups (broad SMARTS) is 2. The van der Waals surface area contributed by atoms with Gasteiger partial charge in [-0.25, -0.2) is 14.6 Å². The van der Waals surface area contributed by atoms with Crippen LogP contribution in [0.3, 0.4) is 0 Å². The minimum Gasteiger partial charge on any atom is -0.504 e. The zero-order valence-electron chi connectivity index (χ0n) is 25.8. The number of carbonyl (C=O) groups excluding carboxylic acids is 4. The molecule has 1 aromatic heterocycles. The highest BCUT2D eigenvalue weighted by atomic mass is 32.2. The molecule has 3 unspecified atom stereocenters. The number of ketones is 1. The number of phenols is 2. The van der Waals surface area contributed by atoms with Gasteiger partial charge in [0, 0.05) is 23.4 Å². The van der Waals surface area contributed by atoms with E-state index in [4.69, 9.17) is 10.6 Å². The van der Waals surface area contributed by atoms with Crippen LogP contribution in [0, 0.1) is 0 Å². The second-order valence-corrected chi connectivity index (χ2v) is 13.3. The van der Waals surface area contributed by atoms with Gasteiger partial charge in [-0.05, 0) is 37.1 Å². The number of aromatic hydroxyl groups is 2. The van der Waals surface area contributed by atoms with E-state index in [1.807, 2.05) is 0 Å². The molecule has 1 aromatic carbocycles. The van der Waals surface area contributed by atoms with Gasteiger partial charge < -0.3 is 46.7 Å². The number of phenolic OH excluding ortho intramolecular Hbond substituents is 2. The zero-order valence-corrected chi connectivity index (χ0v) is 27.4. The van der Waals surface area contributed by atoms with Gasteiger partial charge in [-0.1, -0.05) is 11.2 Å². The molecule has 0 bridgehead atoms. The Labute approximate surface area is 288 Å². The summed E-state index contributed by atoms with van der Waals surface area (Å²) in [6, 6.07) is 0.784. The molecular weight excluding hydrogens is 702 g/mol. The van der Waals surface area contributed by atoms with Gasteiger partial charge >= 0.3 is 11.9 Å². The summed E-state index contributed by atoms with van der Waals surface area (Å²) in [5.74, 6) is -7.91. The number of carboxylic acids is 2. The molecule has 262 valence electrons. The fraction of sp³-hybridized carbons (Fsp3) is 0.276. The van der Waals surface area contributed by atoms with Crippen LogP contribution in [-0.2, 0) is 33.6 Å². The van der Waals surface area contributed by atoms with E-state index in [1.54, 1.807) is 0 Å². The lowest BCUT2D eigenvalue weighted by molar-refractivity contribution is -0.161. The second kappa shape index (κ2) is 13.6. The summed E-state index contributed by atoms with van der Waals surface area (Å²) in [5.41, 5.74) is 2.33. The molecule has 1 saturated heterocycles. The van der Waals surface area contributed by atoms with Crippen molar-refractivity contribution in [3.63, 3.8) is 0 Å². The average molecular weight is 730 g/mol. The van der Waals surface area contributed by atoms with Gasteiger partial charge in [0.15, 0.2) is 34.2 Å². The molecule has 0 aliphatic carbocycles. The van der Waals surface area contributed by atoms with Crippen LogP contribution >= 0.6 is 23.1 Å². The number of thiazole rings is 1. The smallest absolute Gasteiger partial charge is 0.352 e.